The van der Waals surface area contributed by atoms with Crippen LogP contribution >= 0.6 is 0 Å². The largest absolute Gasteiger partial charge is 0.507 e. The minimum absolute atomic E-state index is 0.104. The van der Waals surface area contributed by atoms with Crippen LogP contribution < -0.4 is 14.9 Å². The zero-order valence-electron chi connectivity index (χ0n) is 27.8. The number of fused-ring (bicyclic) bond motifs is 1. The second-order valence-electron chi connectivity index (χ2n) is 11.9. The maximum atomic E-state index is 13.8. The molecule has 51 heavy (non-hydrogen) atoms. The van der Waals surface area contributed by atoms with Gasteiger partial charge in [0.05, 0.1) is 32.8 Å². The molecule has 0 aliphatic carbocycles. The standard InChI is InChI=1S/C34H37N3O14/c1-16(2)4-9-20-21(39)12-22(40)26-28(44)33(31(51-32(20)26)17-5-7-19(47-3)8-6-17)50-25(42)11-10-24(41)48-15-18-13-37(36-35-18)34-30(46)29(45)27(43)23(14-38)49-34/h4-8,12-13,23,27,29-30,34,38-40,43,45-46H,9-11,14-15H2,1-3H3/t23-,27-,29+,30-,34-/m0/s1. The number of hydrogen-bond donors (Lipinski definition) is 6. The van der Waals surface area contributed by atoms with E-state index < -0.39 is 85.6 Å². The molecule has 6 N–H and O–H groups in total. The first-order valence-corrected chi connectivity index (χ1v) is 15.7. The topological polar surface area (TPSA) is 253 Å². The van der Waals surface area contributed by atoms with Crippen molar-refractivity contribution >= 4 is 22.9 Å². The van der Waals surface area contributed by atoms with E-state index in [0.717, 1.165) is 16.3 Å². The molecular weight excluding hydrogens is 674 g/mol. The van der Waals surface area contributed by atoms with E-state index in [-0.39, 0.29) is 40.2 Å². The van der Waals surface area contributed by atoms with Crippen molar-refractivity contribution in [3.05, 3.63) is 69.7 Å². The SMILES string of the molecule is COc1ccc(-c2oc3c(CC=C(C)C)c(O)cc(O)c3c(=O)c2OC(=O)CCC(=O)OCc2cn([C@H]3O[C@@H](CO)[C@H](O)[C@@H](O)[C@@H]3O)nn2)cc1. The normalized spacial score (nSPS) is 20.2. The number of benzene rings is 2. The first kappa shape index (κ1) is 36.9. The molecule has 0 unspecified atom stereocenters. The van der Waals surface area contributed by atoms with Crippen molar-refractivity contribution in [3.8, 4) is 34.3 Å². The molecular formula is C34H37N3O14. The van der Waals surface area contributed by atoms with Crippen molar-refractivity contribution in [2.75, 3.05) is 13.7 Å². The molecule has 0 spiro atoms. The van der Waals surface area contributed by atoms with Gasteiger partial charge >= 0.3 is 11.9 Å². The highest BCUT2D eigenvalue weighted by molar-refractivity contribution is 5.92. The van der Waals surface area contributed by atoms with E-state index in [1.165, 1.54) is 13.3 Å². The summed E-state index contributed by atoms with van der Waals surface area (Å²) in [6.07, 6.45) is -5.05. The number of aliphatic hydroxyl groups is 4. The van der Waals surface area contributed by atoms with Gasteiger partial charge in [-0.25, -0.2) is 4.68 Å². The van der Waals surface area contributed by atoms with Crippen LogP contribution in [0, 0.1) is 0 Å². The Bertz CT molecular complexity index is 1980. The Morgan fingerprint density at radius 3 is 2.37 bits per heavy atom. The molecule has 272 valence electrons. The number of phenolic OH excluding ortho intramolecular Hbond substituents is 2. The third kappa shape index (κ3) is 8.03. The smallest absolute Gasteiger partial charge is 0.312 e. The summed E-state index contributed by atoms with van der Waals surface area (Å²) in [7, 11) is 1.47. The highest BCUT2D eigenvalue weighted by Crippen LogP contribution is 2.39. The second kappa shape index (κ2) is 15.7. The predicted octanol–water partition coefficient (Wildman–Crippen LogP) is 1.38. The van der Waals surface area contributed by atoms with Gasteiger partial charge in [-0.05, 0) is 44.5 Å². The van der Waals surface area contributed by atoms with Crippen molar-refractivity contribution in [1.29, 1.82) is 0 Å². The first-order valence-electron chi connectivity index (χ1n) is 15.7. The molecule has 1 saturated heterocycles. The summed E-state index contributed by atoms with van der Waals surface area (Å²) >= 11 is 0. The average molecular weight is 712 g/mol. The van der Waals surface area contributed by atoms with E-state index in [9.17, 15) is 45.0 Å². The van der Waals surface area contributed by atoms with Gasteiger partial charge in [-0.1, -0.05) is 16.9 Å². The molecule has 0 radical (unpaired) electrons. The number of ether oxygens (including phenoxy) is 4. The van der Waals surface area contributed by atoms with Gasteiger partial charge in [0.1, 0.15) is 64.9 Å². The highest BCUT2D eigenvalue weighted by Gasteiger charge is 2.44. The van der Waals surface area contributed by atoms with Gasteiger partial charge in [-0.2, -0.15) is 0 Å². The van der Waals surface area contributed by atoms with E-state index in [0.29, 0.717) is 11.3 Å². The van der Waals surface area contributed by atoms with E-state index in [1.54, 1.807) is 30.3 Å². The van der Waals surface area contributed by atoms with Gasteiger partial charge in [-0.15, -0.1) is 5.10 Å². The number of carbonyl (C=O) groups is 2. The number of carbonyl (C=O) groups excluding carboxylic acids is 2. The quantitative estimate of drug-likeness (QED) is 0.0896. The number of nitrogens with zero attached hydrogens (tertiary/aromatic N) is 3. The Labute approximate surface area is 289 Å². The number of methoxy groups -OCH3 is 1. The maximum absolute atomic E-state index is 13.8. The summed E-state index contributed by atoms with van der Waals surface area (Å²) in [5.41, 5.74) is 0.575. The first-order chi connectivity index (χ1) is 24.3. The summed E-state index contributed by atoms with van der Waals surface area (Å²) in [5, 5.41) is 68.3. The van der Waals surface area contributed by atoms with Gasteiger partial charge in [-0.3, -0.25) is 14.4 Å². The Morgan fingerprint density at radius 1 is 1.00 bits per heavy atom. The average Bonchev–Trinajstić information content (AvgIpc) is 3.58. The monoisotopic (exact) mass is 711 g/mol. The lowest BCUT2D eigenvalue weighted by atomic mass is 9.98. The molecule has 17 heteroatoms. The van der Waals surface area contributed by atoms with Crippen LogP contribution in [0.4, 0.5) is 0 Å². The second-order valence-corrected chi connectivity index (χ2v) is 11.9. The summed E-state index contributed by atoms with van der Waals surface area (Å²) in [5.74, 6) is -2.96. The lowest BCUT2D eigenvalue weighted by molar-refractivity contribution is -0.254. The van der Waals surface area contributed by atoms with Gasteiger partial charge < -0.3 is 54.0 Å². The van der Waals surface area contributed by atoms with Crippen LogP contribution in [0.15, 0.2) is 57.4 Å². The number of rotatable bonds is 12. The van der Waals surface area contributed by atoms with Crippen LogP contribution in [0.25, 0.3) is 22.3 Å². The number of aromatic nitrogens is 3. The van der Waals surface area contributed by atoms with Gasteiger partial charge in [0.15, 0.2) is 12.0 Å². The third-order valence-electron chi connectivity index (χ3n) is 8.07. The number of hydrogen-bond acceptors (Lipinski definition) is 16. The maximum Gasteiger partial charge on any atom is 0.312 e. The van der Waals surface area contributed by atoms with Crippen LogP contribution in [0.5, 0.6) is 23.0 Å². The van der Waals surface area contributed by atoms with Crippen LogP contribution in [-0.4, -0.2) is 95.7 Å². The Morgan fingerprint density at radius 2 is 1.71 bits per heavy atom. The molecule has 0 amide bonds. The molecule has 1 fully saturated rings. The van der Waals surface area contributed by atoms with Crippen LogP contribution in [-0.2, 0) is 32.1 Å². The van der Waals surface area contributed by atoms with Crippen molar-refractivity contribution in [1.82, 2.24) is 15.0 Å². The van der Waals surface area contributed by atoms with Crippen LogP contribution in [0.1, 0.15) is 44.2 Å². The number of allylic oxidation sites excluding steroid dienone is 2. The third-order valence-corrected chi connectivity index (χ3v) is 8.07. The van der Waals surface area contributed by atoms with Crippen LogP contribution in [0.3, 0.4) is 0 Å². The number of esters is 2. The number of aliphatic hydroxyl groups excluding tert-OH is 4. The van der Waals surface area contributed by atoms with Crippen molar-refractivity contribution in [2.45, 2.75) is 70.4 Å². The van der Waals surface area contributed by atoms with Gasteiger partial charge in [0.2, 0.25) is 11.2 Å². The summed E-state index contributed by atoms with van der Waals surface area (Å²) in [4.78, 5) is 39.3. The minimum atomic E-state index is -1.64. The van der Waals surface area contributed by atoms with Crippen molar-refractivity contribution < 1.29 is 63.6 Å². The van der Waals surface area contributed by atoms with Crippen LogP contribution in [0.2, 0.25) is 0 Å². The number of aromatic hydroxyl groups is 2. The molecule has 2 aromatic carbocycles. The van der Waals surface area contributed by atoms with Gasteiger partial charge in [0, 0.05) is 17.2 Å². The molecule has 5 rings (SSSR count). The summed E-state index contributed by atoms with van der Waals surface area (Å²) in [6, 6.07) is 7.30. The molecule has 4 aromatic rings. The lowest BCUT2D eigenvalue weighted by Crippen LogP contribution is -2.56. The Hall–Kier alpha value is -5.33. The van der Waals surface area contributed by atoms with Crippen molar-refractivity contribution in [2.24, 2.45) is 0 Å². The van der Waals surface area contributed by atoms with E-state index >= 15 is 0 Å². The fourth-order valence-electron chi connectivity index (χ4n) is 5.30. The van der Waals surface area contributed by atoms with E-state index in [1.807, 2.05) is 13.8 Å². The molecule has 2 aromatic heterocycles. The highest BCUT2D eigenvalue weighted by atomic mass is 16.6. The number of phenols is 2. The molecule has 1 aliphatic heterocycles. The summed E-state index contributed by atoms with van der Waals surface area (Å²) in [6.45, 7) is 2.67. The molecule has 1 aliphatic rings. The Kier molecular flexibility index (Phi) is 11.4. The lowest BCUT2D eigenvalue weighted by Gasteiger charge is -2.39. The molecule has 0 bridgehead atoms. The zero-order chi connectivity index (χ0) is 37.0. The van der Waals surface area contributed by atoms with Gasteiger partial charge in [0.25, 0.3) is 0 Å². The molecule has 3 heterocycles. The molecule has 0 saturated carbocycles. The van der Waals surface area contributed by atoms with E-state index in [2.05, 4.69) is 10.3 Å². The zero-order valence-corrected chi connectivity index (χ0v) is 27.8. The molecule has 5 atom stereocenters. The minimum Gasteiger partial charge on any atom is -0.507 e. The summed E-state index contributed by atoms with van der Waals surface area (Å²) < 4.78 is 28.4. The Balaban J connectivity index is 1.31. The predicted molar refractivity (Wildman–Crippen MR) is 175 cm³/mol. The molecule has 17 nitrogen and oxygen atoms in total. The fraction of sp³-hybridized carbons (Fsp3) is 0.382. The fourth-order valence-corrected chi connectivity index (χ4v) is 5.30. The van der Waals surface area contributed by atoms with Crippen molar-refractivity contribution in [3.63, 3.8) is 0 Å². The van der Waals surface area contributed by atoms with E-state index in [4.69, 9.17) is 23.4 Å².